The van der Waals surface area contributed by atoms with Gasteiger partial charge in [0.1, 0.15) is 5.82 Å². The Morgan fingerprint density at radius 2 is 1.24 bits per heavy atom. The van der Waals surface area contributed by atoms with Crippen molar-refractivity contribution < 1.29 is 0 Å². The van der Waals surface area contributed by atoms with Crippen molar-refractivity contribution in [1.29, 1.82) is 0 Å². The molecule has 2 heteroatoms. The first-order chi connectivity index (χ1) is 14.4. The first-order valence-corrected chi connectivity index (χ1v) is 10.1. The first kappa shape index (κ1) is 16.3. The van der Waals surface area contributed by atoms with E-state index in [9.17, 15) is 0 Å². The van der Waals surface area contributed by atoms with Crippen molar-refractivity contribution in [2.75, 3.05) is 0 Å². The molecule has 0 radical (unpaired) electrons. The fourth-order valence-electron chi connectivity index (χ4n) is 4.74. The summed E-state index contributed by atoms with van der Waals surface area (Å²) in [5.41, 5.74) is 7.30. The van der Waals surface area contributed by atoms with Crippen LogP contribution in [0.3, 0.4) is 0 Å². The largest absolute Gasteiger partial charge is 0.295 e. The minimum atomic E-state index is 0.232. The number of hydrogen-bond donors (Lipinski definition) is 0. The lowest BCUT2D eigenvalue weighted by Crippen LogP contribution is -2.25. The lowest BCUT2D eigenvalue weighted by molar-refractivity contribution is 0.644. The number of allylic oxidation sites excluding steroid dienone is 5. The number of hydrogen-bond acceptors (Lipinski definition) is 1. The SMILES string of the molecule is C1=CC2C(c3ccccc3)=C(c3ccccc3)n3c(nc4ccccc43)C2C=C1. The molecule has 0 amide bonds. The molecule has 0 bridgehead atoms. The van der Waals surface area contributed by atoms with E-state index in [1.807, 2.05) is 0 Å². The Morgan fingerprint density at radius 1 is 0.621 bits per heavy atom. The molecule has 6 rings (SSSR count). The Kier molecular flexibility index (Phi) is 3.63. The van der Waals surface area contributed by atoms with Crippen LogP contribution in [0, 0.1) is 5.92 Å². The maximum atomic E-state index is 5.09. The van der Waals surface area contributed by atoms with E-state index in [0.717, 1.165) is 16.9 Å². The molecule has 1 aliphatic carbocycles. The van der Waals surface area contributed by atoms with E-state index in [2.05, 4.69) is 114 Å². The molecule has 0 fully saturated rings. The van der Waals surface area contributed by atoms with Crippen LogP contribution in [0.2, 0.25) is 0 Å². The van der Waals surface area contributed by atoms with Gasteiger partial charge in [-0.2, -0.15) is 0 Å². The molecule has 0 N–H and O–H groups in total. The van der Waals surface area contributed by atoms with Gasteiger partial charge in [-0.15, -0.1) is 0 Å². The van der Waals surface area contributed by atoms with Crippen LogP contribution in [0.5, 0.6) is 0 Å². The van der Waals surface area contributed by atoms with Gasteiger partial charge >= 0.3 is 0 Å². The van der Waals surface area contributed by atoms with Crippen LogP contribution in [0.25, 0.3) is 22.3 Å². The van der Waals surface area contributed by atoms with Crippen molar-refractivity contribution in [3.8, 4) is 0 Å². The first-order valence-electron chi connectivity index (χ1n) is 10.1. The average molecular weight is 372 g/mol. The predicted octanol–water partition coefficient (Wildman–Crippen LogP) is 6.29. The van der Waals surface area contributed by atoms with Crippen LogP contribution in [0.4, 0.5) is 0 Å². The number of benzene rings is 3. The lowest BCUT2D eigenvalue weighted by Gasteiger charge is -2.35. The smallest absolute Gasteiger partial charge is 0.122 e. The highest BCUT2D eigenvalue weighted by Gasteiger charge is 2.37. The molecule has 2 heterocycles. The molecule has 3 aromatic carbocycles. The maximum Gasteiger partial charge on any atom is 0.122 e. The third-order valence-corrected chi connectivity index (χ3v) is 5.96. The Morgan fingerprint density at radius 3 is 2.00 bits per heavy atom. The summed E-state index contributed by atoms with van der Waals surface area (Å²) in [4.78, 5) is 5.09. The van der Waals surface area contributed by atoms with E-state index in [1.165, 1.54) is 22.4 Å². The number of nitrogens with zero attached hydrogens (tertiary/aromatic N) is 2. The Hall–Kier alpha value is -3.65. The van der Waals surface area contributed by atoms with Gasteiger partial charge in [-0.05, 0) is 28.8 Å². The fraction of sp³-hybridized carbons (Fsp3) is 0.0741. The van der Waals surface area contributed by atoms with Gasteiger partial charge < -0.3 is 0 Å². The summed E-state index contributed by atoms with van der Waals surface area (Å²) in [5, 5.41) is 0. The van der Waals surface area contributed by atoms with Crippen LogP contribution < -0.4 is 0 Å². The molecule has 29 heavy (non-hydrogen) atoms. The molecule has 2 unspecified atom stereocenters. The van der Waals surface area contributed by atoms with Crippen molar-refractivity contribution >= 4 is 22.3 Å². The molecular weight excluding hydrogens is 352 g/mol. The molecule has 2 aliphatic rings. The Balaban J connectivity index is 1.78. The quantitative estimate of drug-likeness (QED) is 0.404. The number of aromatic nitrogens is 2. The van der Waals surface area contributed by atoms with E-state index >= 15 is 0 Å². The van der Waals surface area contributed by atoms with Crippen LogP contribution in [0.1, 0.15) is 22.9 Å². The summed E-state index contributed by atoms with van der Waals surface area (Å²) in [7, 11) is 0. The number of para-hydroxylation sites is 2. The van der Waals surface area contributed by atoms with Gasteiger partial charge in [-0.3, -0.25) is 4.57 Å². The van der Waals surface area contributed by atoms with Gasteiger partial charge in [-0.25, -0.2) is 4.98 Å². The molecule has 0 spiro atoms. The van der Waals surface area contributed by atoms with Gasteiger partial charge in [0, 0.05) is 11.8 Å². The molecule has 0 saturated heterocycles. The zero-order valence-corrected chi connectivity index (χ0v) is 15.9. The van der Waals surface area contributed by atoms with Gasteiger partial charge in [0.25, 0.3) is 0 Å². The third-order valence-electron chi connectivity index (χ3n) is 5.96. The summed E-state index contributed by atoms with van der Waals surface area (Å²) in [6, 6.07) is 30.0. The van der Waals surface area contributed by atoms with Gasteiger partial charge in [0.2, 0.25) is 0 Å². The summed E-state index contributed by atoms with van der Waals surface area (Å²) in [5.74, 6) is 1.62. The van der Waals surface area contributed by atoms with E-state index in [4.69, 9.17) is 4.98 Å². The molecule has 138 valence electrons. The lowest BCUT2D eigenvalue weighted by atomic mass is 9.75. The van der Waals surface area contributed by atoms with Gasteiger partial charge in [0.15, 0.2) is 0 Å². The molecule has 1 aliphatic heterocycles. The third kappa shape index (κ3) is 2.46. The number of rotatable bonds is 2. The minimum Gasteiger partial charge on any atom is -0.295 e. The van der Waals surface area contributed by atoms with E-state index in [0.29, 0.717) is 0 Å². The second-order valence-electron chi connectivity index (χ2n) is 7.61. The highest BCUT2D eigenvalue weighted by Crippen LogP contribution is 2.49. The monoisotopic (exact) mass is 372 g/mol. The van der Waals surface area contributed by atoms with E-state index in [1.54, 1.807) is 0 Å². The normalized spacial score (nSPS) is 20.0. The molecule has 1 aromatic heterocycles. The Labute approximate surface area is 170 Å². The number of imidazole rings is 1. The van der Waals surface area contributed by atoms with Crippen molar-refractivity contribution in [3.05, 3.63) is 126 Å². The predicted molar refractivity (Wildman–Crippen MR) is 119 cm³/mol. The summed E-state index contributed by atoms with van der Waals surface area (Å²) in [6.45, 7) is 0. The van der Waals surface area contributed by atoms with E-state index < -0.39 is 0 Å². The molecule has 2 atom stereocenters. The van der Waals surface area contributed by atoms with Crippen molar-refractivity contribution in [2.24, 2.45) is 5.92 Å². The topological polar surface area (TPSA) is 17.8 Å². The molecular formula is C27H20N2. The second-order valence-corrected chi connectivity index (χ2v) is 7.61. The fourth-order valence-corrected chi connectivity index (χ4v) is 4.74. The zero-order valence-electron chi connectivity index (χ0n) is 15.9. The molecule has 2 nitrogen and oxygen atoms in total. The molecule has 4 aromatic rings. The van der Waals surface area contributed by atoms with Crippen molar-refractivity contribution in [1.82, 2.24) is 9.55 Å². The van der Waals surface area contributed by atoms with Crippen LogP contribution in [-0.4, -0.2) is 9.55 Å². The Bertz CT molecular complexity index is 1290. The average Bonchev–Trinajstić information content (AvgIpc) is 3.19. The van der Waals surface area contributed by atoms with Crippen molar-refractivity contribution in [2.45, 2.75) is 5.92 Å². The zero-order chi connectivity index (χ0) is 19.2. The van der Waals surface area contributed by atoms with Crippen LogP contribution in [0.15, 0.2) is 109 Å². The van der Waals surface area contributed by atoms with Gasteiger partial charge in [0.05, 0.1) is 16.7 Å². The molecule has 0 saturated carbocycles. The van der Waals surface area contributed by atoms with Crippen LogP contribution in [-0.2, 0) is 0 Å². The highest BCUT2D eigenvalue weighted by molar-refractivity contribution is 5.98. The summed E-state index contributed by atoms with van der Waals surface area (Å²) >= 11 is 0. The van der Waals surface area contributed by atoms with Crippen LogP contribution >= 0.6 is 0 Å². The maximum absolute atomic E-state index is 5.09. The summed E-state index contributed by atoms with van der Waals surface area (Å²) < 4.78 is 2.39. The summed E-state index contributed by atoms with van der Waals surface area (Å²) in [6.07, 6.45) is 8.96. The number of fused-ring (bicyclic) bond motifs is 5. The highest BCUT2D eigenvalue weighted by atomic mass is 15.1. The van der Waals surface area contributed by atoms with Crippen molar-refractivity contribution in [3.63, 3.8) is 0 Å². The second kappa shape index (κ2) is 6.46. The standard InChI is InChI=1S/C27H20N2/c1-3-11-19(12-4-1)25-21-15-7-8-16-22(21)27-28-23-17-9-10-18-24(23)29(27)26(25)20-13-5-2-6-14-20/h1-18,21-22H. The van der Waals surface area contributed by atoms with Gasteiger partial charge in [-0.1, -0.05) is 97.1 Å². The van der Waals surface area contributed by atoms with E-state index in [-0.39, 0.29) is 11.8 Å². The minimum absolute atomic E-state index is 0.232.